The highest BCUT2D eigenvalue weighted by atomic mass is 32.2. The van der Waals surface area contributed by atoms with E-state index in [4.69, 9.17) is 5.11 Å². The summed E-state index contributed by atoms with van der Waals surface area (Å²) in [6.07, 6.45) is 1.20. The minimum atomic E-state index is -3.19. The Bertz CT molecular complexity index is 305. The summed E-state index contributed by atoms with van der Waals surface area (Å²) in [5.74, 6) is 0.0531. The van der Waals surface area contributed by atoms with Crippen molar-refractivity contribution in [3.63, 3.8) is 0 Å². The Morgan fingerprint density at radius 3 is 2.69 bits per heavy atom. The number of aliphatic hydroxyl groups excluding tert-OH is 1. The first kappa shape index (κ1) is 13.9. The molecular weight excluding hydrogens is 228 g/mol. The topological polar surface area (TPSA) is 60.9 Å². The summed E-state index contributed by atoms with van der Waals surface area (Å²) in [4.78, 5) is 2.16. The highest BCUT2D eigenvalue weighted by molar-refractivity contribution is 7.89. The van der Waals surface area contributed by atoms with Crippen molar-refractivity contribution >= 4 is 10.0 Å². The van der Waals surface area contributed by atoms with E-state index in [9.17, 15) is 8.42 Å². The zero-order valence-electron chi connectivity index (χ0n) is 10.1. The average Bonchev–Trinajstić information content (AvgIpc) is 2.36. The molecule has 1 fully saturated rings. The molecule has 1 unspecified atom stereocenters. The predicted octanol–water partition coefficient (Wildman–Crippen LogP) is -0.275. The number of hydrogen-bond acceptors (Lipinski definition) is 4. The molecule has 1 aliphatic heterocycles. The van der Waals surface area contributed by atoms with E-state index in [1.165, 1.54) is 0 Å². The fourth-order valence-corrected chi connectivity index (χ4v) is 3.88. The van der Waals surface area contributed by atoms with E-state index in [2.05, 4.69) is 4.90 Å². The van der Waals surface area contributed by atoms with Gasteiger partial charge in [-0.3, -0.25) is 0 Å². The lowest BCUT2D eigenvalue weighted by Gasteiger charge is -2.27. The summed E-state index contributed by atoms with van der Waals surface area (Å²) >= 11 is 0. The lowest BCUT2D eigenvalue weighted by molar-refractivity contribution is 0.283. The molecule has 0 amide bonds. The Hall–Kier alpha value is -0.170. The molecule has 1 atom stereocenters. The first-order chi connectivity index (χ1) is 7.47. The number of rotatable bonds is 4. The number of sulfonamides is 1. The molecule has 16 heavy (non-hydrogen) atoms. The summed E-state index contributed by atoms with van der Waals surface area (Å²) in [7, 11) is -1.18. The maximum atomic E-state index is 12.0. The molecule has 0 saturated carbocycles. The summed E-state index contributed by atoms with van der Waals surface area (Å²) in [6, 6.07) is 0.0243. The van der Waals surface area contributed by atoms with Gasteiger partial charge in [0.1, 0.15) is 0 Å². The van der Waals surface area contributed by atoms with Crippen LogP contribution in [0.5, 0.6) is 0 Å². The van der Waals surface area contributed by atoms with Crippen molar-refractivity contribution in [2.45, 2.75) is 25.8 Å². The Morgan fingerprint density at radius 1 is 1.38 bits per heavy atom. The van der Waals surface area contributed by atoms with Gasteiger partial charge in [0.2, 0.25) is 10.0 Å². The van der Waals surface area contributed by atoms with E-state index < -0.39 is 10.0 Å². The summed E-state index contributed by atoms with van der Waals surface area (Å²) in [6.45, 7) is 4.19. The fourth-order valence-electron chi connectivity index (χ4n) is 2.13. The third-order valence-electron chi connectivity index (χ3n) is 2.90. The molecular formula is C10H22N2O3S. The van der Waals surface area contributed by atoms with Gasteiger partial charge in [-0.2, -0.15) is 4.31 Å². The highest BCUT2D eigenvalue weighted by Gasteiger charge is 2.29. The maximum absolute atomic E-state index is 12.0. The van der Waals surface area contributed by atoms with Crippen LogP contribution in [0.4, 0.5) is 0 Å². The molecule has 0 bridgehead atoms. The molecule has 0 aliphatic carbocycles. The number of aliphatic hydroxyl groups is 1. The quantitative estimate of drug-likeness (QED) is 0.746. The molecule has 1 heterocycles. The van der Waals surface area contributed by atoms with Gasteiger partial charge in [-0.15, -0.1) is 0 Å². The minimum Gasteiger partial charge on any atom is -0.396 e. The normalized spacial score (nSPS) is 25.6. The van der Waals surface area contributed by atoms with E-state index >= 15 is 0 Å². The second-order valence-electron chi connectivity index (χ2n) is 4.47. The van der Waals surface area contributed by atoms with Gasteiger partial charge in [0.15, 0.2) is 0 Å². The van der Waals surface area contributed by atoms with E-state index in [0.29, 0.717) is 13.0 Å². The van der Waals surface area contributed by atoms with Gasteiger partial charge >= 0.3 is 0 Å². The standard InChI is InChI=1S/C10H22N2O3S/c1-10-9-11(2)5-3-6-12(10)16(14,15)8-4-7-13/h10,13H,3-9H2,1-2H3. The summed E-state index contributed by atoms with van der Waals surface area (Å²) < 4.78 is 25.6. The zero-order valence-corrected chi connectivity index (χ0v) is 10.9. The second kappa shape index (κ2) is 5.95. The van der Waals surface area contributed by atoms with Gasteiger partial charge in [0.25, 0.3) is 0 Å². The number of hydrogen-bond donors (Lipinski definition) is 1. The van der Waals surface area contributed by atoms with Crippen LogP contribution < -0.4 is 0 Å². The first-order valence-electron chi connectivity index (χ1n) is 5.76. The zero-order chi connectivity index (χ0) is 12.2. The lowest BCUT2D eigenvalue weighted by Crippen LogP contribution is -2.43. The van der Waals surface area contributed by atoms with Crippen molar-refractivity contribution in [1.82, 2.24) is 9.21 Å². The molecule has 0 radical (unpaired) electrons. The molecule has 96 valence electrons. The van der Waals surface area contributed by atoms with Crippen LogP contribution in [0.2, 0.25) is 0 Å². The fraction of sp³-hybridized carbons (Fsp3) is 1.00. The van der Waals surface area contributed by atoms with Crippen molar-refractivity contribution < 1.29 is 13.5 Å². The Kier molecular flexibility index (Phi) is 5.17. The predicted molar refractivity (Wildman–Crippen MR) is 63.8 cm³/mol. The van der Waals surface area contributed by atoms with Gasteiger partial charge in [0, 0.05) is 25.7 Å². The first-order valence-corrected chi connectivity index (χ1v) is 7.37. The minimum absolute atomic E-state index is 0.0243. The van der Waals surface area contributed by atoms with Crippen LogP contribution >= 0.6 is 0 Å². The monoisotopic (exact) mass is 250 g/mol. The van der Waals surface area contributed by atoms with Gasteiger partial charge < -0.3 is 10.0 Å². The highest BCUT2D eigenvalue weighted by Crippen LogP contribution is 2.14. The largest absolute Gasteiger partial charge is 0.396 e. The van der Waals surface area contributed by atoms with Crippen LogP contribution in [-0.4, -0.2) is 67.8 Å². The van der Waals surface area contributed by atoms with E-state index in [-0.39, 0.29) is 18.4 Å². The van der Waals surface area contributed by atoms with Crippen LogP contribution in [0.15, 0.2) is 0 Å². The SMILES string of the molecule is CC1CN(C)CCCN1S(=O)(=O)CCCO. The van der Waals surface area contributed by atoms with E-state index in [0.717, 1.165) is 19.5 Å². The van der Waals surface area contributed by atoms with Crippen molar-refractivity contribution in [2.24, 2.45) is 0 Å². The molecule has 0 aromatic heterocycles. The van der Waals surface area contributed by atoms with E-state index in [1.807, 2.05) is 14.0 Å². The Labute approximate surface area is 98.1 Å². The third kappa shape index (κ3) is 3.69. The van der Waals surface area contributed by atoms with Crippen molar-refractivity contribution in [3.8, 4) is 0 Å². The van der Waals surface area contributed by atoms with Crippen LogP contribution in [0.1, 0.15) is 19.8 Å². The summed E-state index contributed by atoms with van der Waals surface area (Å²) in [5.41, 5.74) is 0. The van der Waals surface area contributed by atoms with Crippen molar-refractivity contribution in [1.29, 1.82) is 0 Å². The second-order valence-corrected chi connectivity index (χ2v) is 6.51. The van der Waals surface area contributed by atoms with Crippen LogP contribution in [0, 0.1) is 0 Å². The summed E-state index contributed by atoms with van der Waals surface area (Å²) in [5, 5.41) is 8.70. The number of likely N-dealkylation sites (N-methyl/N-ethyl adjacent to an activating group) is 1. The van der Waals surface area contributed by atoms with Gasteiger partial charge in [-0.05, 0) is 33.4 Å². The van der Waals surface area contributed by atoms with Gasteiger partial charge in [-0.25, -0.2) is 8.42 Å². The van der Waals surface area contributed by atoms with Gasteiger partial charge in [-0.1, -0.05) is 0 Å². The van der Waals surface area contributed by atoms with Gasteiger partial charge in [0.05, 0.1) is 5.75 Å². The molecule has 6 heteroatoms. The molecule has 1 N–H and O–H groups in total. The molecule has 0 aromatic rings. The lowest BCUT2D eigenvalue weighted by atomic mass is 10.3. The van der Waals surface area contributed by atoms with Crippen LogP contribution in [0.3, 0.4) is 0 Å². The third-order valence-corrected chi connectivity index (χ3v) is 4.97. The smallest absolute Gasteiger partial charge is 0.214 e. The molecule has 1 saturated heterocycles. The molecule has 0 aromatic carbocycles. The molecule has 1 aliphatic rings. The van der Waals surface area contributed by atoms with Crippen molar-refractivity contribution in [2.75, 3.05) is 39.0 Å². The molecule has 1 rings (SSSR count). The van der Waals surface area contributed by atoms with Crippen LogP contribution in [-0.2, 0) is 10.0 Å². The Morgan fingerprint density at radius 2 is 2.06 bits per heavy atom. The van der Waals surface area contributed by atoms with Crippen molar-refractivity contribution in [3.05, 3.63) is 0 Å². The van der Waals surface area contributed by atoms with Crippen LogP contribution in [0.25, 0.3) is 0 Å². The Balaban J connectivity index is 2.69. The number of nitrogens with zero attached hydrogens (tertiary/aromatic N) is 2. The molecule has 0 spiro atoms. The van der Waals surface area contributed by atoms with E-state index in [1.54, 1.807) is 4.31 Å². The maximum Gasteiger partial charge on any atom is 0.214 e. The molecule has 5 nitrogen and oxygen atoms in total. The average molecular weight is 250 g/mol.